The zero-order chi connectivity index (χ0) is 14.4. The monoisotopic (exact) mass is 285 g/mol. The summed E-state index contributed by atoms with van der Waals surface area (Å²) in [4.78, 5) is 4.37. The maximum absolute atomic E-state index is 13.3. The van der Waals surface area contributed by atoms with Crippen LogP contribution in [0.2, 0.25) is 0 Å². The van der Waals surface area contributed by atoms with Gasteiger partial charge in [-0.3, -0.25) is 0 Å². The van der Waals surface area contributed by atoms with Gasteiger partial charge in [0.25, 0.3) is 0 Å². The van der Waals surface area contributed by atoms with Crippen molar-refractivity contribution in [1.29, 1.82) is 0 Å². The largest absolute Gasteiger partial charge is 0.367 e. The molecule has 2 aromatic heterocycles. The predicted molar refractivity (Wildman–Crippen MR) is 79.7 cm³/mol. The number of hydrogen-bond acceptors (Lipinski definition) is 4. The summed E-state index contributed by atoms with van der Waals surface area (Å²) in [6.45, 7) is 0. The molecule has 1 fully saturated rings. The molecular formula is C15H16FN5. The molecule has 0 radical (unpaired) electrons. The van der Waals surface area contributed by atoms with E-state index in [0.29, 0.717) is 11.6 Å². The standard InChI is InChI=1S/C15H16FN5/c16-9-1-4-12-13(5-9)20-21-8-18-15(7-14(12)21)19-11-3-2-10(17)6-11/h1,4-5,7-8,10-11,19H,2-3,6,17H2/t10-,11+/m1/s1. The second kappa shape index (κ2) is 4.66. The van der Waals surface area contributed by atoms with Crippen LogP contribution in [-0.4, -0.2) is 26.7 Å². The number of aromatic nitrogens is 3. The van der Waals surface area contributed by atoms with Gasteiger partial charge in [0.15, 0.2) is 0 Å². The molecule has 1 aliphatic rings. The number of nitrogens with two attached hydrogens (primary N) is 1. The zero-order valence-electron chi connectivity index (χ0n) is 11.5. The van der Waals surface area contributed by atoms with Crippen molar-refractivity contribution in [2.24, 2.45) is 5.73 Å². The van der Waals surface area contributed by atoms with E-state index in [9.17, 15) is 4.39 Å². The third-order valence-corrected chi connectivity index (χ3v) is 4.10. The van der Waals surface area contributed by atoms with Crippen LogP contribution in [0.5, 0.6) is 0 Å². The summed E-state index contributed by atoms with van der Waals surface area (Å²) in [5.41, 5.74) is 7.49. The van der Waals surface area contributed by atoms with Gasteiger partial charge in [-0.05, 0) is 31.4 Å². The lowest BCUT2D eigenvalue weighted by Gasteiger charge is -2.12. The van der Waals surface area contributed by atoms with Crippen molar-refractivity contribution in [2.45, 2.75) is 31.3 Å². The van der Waals surface area contributed by atoms with Crippen LogP contribution in [0.15, 0.2) is 30.6 Å². The van der Waals surface area contributed by atoms with Crippen LogP contribution in [0.4, 0.5) is 10.2 Å². The van der Waals surface area contributed by atoms with Gasteiger partial charge in [0.1, 0.15) is 18.0 Å². The molecule has 0 aliphatic heterocycles. The summed E-state index contributed by atoms with van der Waals surface area (Å²) in [6, 6.07) is 7.25. The van der Waals surface area contributed by atoms with Crippen molar-refractivity contribution < 1.29 is 4.39 Å². The van der Waals surface area contributed by atoms with Crippen molar-refractivity contribution in [3.05, 3.63) is 36.4 Å². The molecule has 2 heterocycles. The van der Waals surface area contributed by atoms with E-state index < -0.39 is 0 Å². The van der Waals surface area contributed by atoms with Crippen molar-refractivity contribution in [3.8, 4) is 0 Å². The second-order valence-corrected chi connectivity index (χ2v) is 5.68. The number of nitrogens with zero attached hydrogens (tertiary/aromatic N) is 3. The van der Waals surface area contributed by atoms with Crippen LogP contribution in [0.1, 0.15) is 19.3 Å². The first-order chi connectivity index (χ1) is 10.2. The van der Waals surface area contributed by atoms with E-state index in [-0.39, 0.29) is 11.9 Å². The molecule has 1 saturated carbocycles. The first kappa shape index (κ1) is 12.5. The molecule has 0 saturated heterocycles. The van der Waals surface area contributed by atoms with Crippen LogP contribution in [0.25, 0.3) is 16.4 Å². The number of anilines is 1. The Hall–Kier alpha value is -2.21. The van der Waals surface area contributed by atoms with Gasteiger partial charge in [0, 0.05) is 29.6 Å². The van der Waals surface area contributed by atoms with Gasteiger partial charge in [0.2, 0.25) is 0 Å². The van der Waals surface area contributed by atoms with E-state index in [4.69, 9.17) is 5.73 Å². The Bertz CT molecular complexity index is 812. The molecule has 0 spiro atoms. The third kappa shape index (κ3) is 2.21. The zero-order valence-corrected chi connectivity index (χ0v) is 11.5. The van der Waals surface area contributed by atoms with E-state index in [1.54, 1.807) is 16.9 Å². The van der Waals surface area contributed by atoms with Gasteiger partial charge < -0.3 is 11.1 Å². The highest BCUT2D eigenvalue weighted by molar-refractivity contribution is 5.94. The topological polar surface area (TPSA) is 68.2 Å². The molecule has 108 valence electrons. The molecule has 1 aliphatic carbocycles. The lowest BCUT2D eigenvalue weighted by atomic mass is 10.2. The fourth-order valence-electron chi connectivity index (χ4n) is 3.05. The highest BCUT2D eigenvalue weighted by Gasteiger charge is 2.21. The molecule has 2 atom stereocenters. The first-order valence-corrected chi connectivity index (χ1v) is 7.15. The summed E-state index contributed by atoms with van der Waals surface area (Å²) in [5, 5.41) is 8.67. The number of halogens is 1. The molecule has 21 heavy (non-hydrogen) atoms. The van der Waals surface area contributed by atoms with Gasteiger partial charge in [0.05, 0.1) is 11.0 Å². The van der Waals surface area contributed by atoms with Gasteiger partial charge >= 0.3 is 0 Å². The molecule has 1 aromatic carbocycles. The number of hydrogen-bond donors (Lipinski definition) is 2. The SMILES string of the molecule is N[C@@H]1CC[C@H](Nc2cc3c4ccc(F)cc4nn3cn2)C1. The van der Waals surface area contributed by atoms with Crippen molar-refractivity contribution in [3.63, 3.8) is 0 Å². The maximum Gasteiger partial charge on any atom is 0.130 e. The summed E-state index contributed by atoms with van der Waals surface area (Å²) < 4.78 is 14.9. The van der Waals surface area contributed by atoms with Crippen LogP contribution in [0.3, 0.4) is 0 Å². The third-order valence-electron chi connectivity index (χ3n) is 4.10. The number of fused-ring (bicyclic) bond motifs is 3. The molecule has 3 N–H and O–H groups in total. The molecule has 5 nitrogen and oxygen atoms in total. The minimum atomic E-state index is -0.280. The fraction of sp³-hybridized carbons (Fsp3) is 0.333. The Morgan fingerprint density at radius 1 is 1.29 bits per heavy atom. The van der Waals surface area contributed by atoms with E-state index in [1.165, 1.54) is 12.1 Å². The highest BCUT2D eigenvalue weighted by Crippen LogP contribution is 2.24. The summed E-state index contributed by atoms with van der Waals surface area (Å²) in [7, 11) is 0. The number of rotatable bonds is 2. The summed E-state index contributed by atoms with van der Waals surface area (Å²) in [5.74, 6) is 0.532. The average molecular weight is 285 g/mol. The average Bonchev–Trinajstić information content (AvgIpc) is 3.01. The predicted octanol–water partition coefficient (Wildman–Crippen LogP) is 2.31. The molecule has 3 aromatic rings. The van der Waals surface area contributed by atoms with Gasteiger partial charge in [-0.15, -0.1) is 0 Å². The lowest BCUT2D eigenvalue weighted by molar-refractivity contribution is 0.629. The Labute approximate surface area is 121 Å². The van der Waals surface area contributed by atoms with Gasteiger partial charge in [-0.2, -0.15) is 5.10 Å². The van der Waals surface area contributed by atoms with E-state index in [2.05, 4.69) is 15.4 Å². The quantitative estimate of drug-likeness (QED) is 0.758. The minimum absolute atomic E-state index is 0.280. The molecule has 6 heteroatoms. The molecule has 0 amide bonds. The second-order valence-electron chi connectivity index (χ2n) is 5.68. The van der Waals surface area contributed by atoms with Crippen LogP contribution >= 0.6 is 0 Å². The summed E-state index contributed by atoms with van der Waals surface area (Å²) >= 11 is 0. The number of nitrogens with one attached hydrogen (secondary N) is 1. The van der Waals surface area contributed by atoms with E-state index in [1.807, 2.05) is 6.07 Å². The Morgan fingerprint density at radius 2 is 2.19 bits per heavy atom. The van der Waals surface area contributed by atoms with Gasteiger partial charge in [-0.1, -0.05) is 0 Å². The smallest absolute Gasteiger partial charge is 0.130 e. The minimum Gasteiger partial charge on any atom is -0.367 e. The Kier molecular flexibility index (Phi) is 2.78. The molecule has 0 bridgehead atoms. The molecule has 4 rings (SSSR count). The molecule has 0 unspecified atom stereocenters. The number of benzene rings is 1. The lowest BCUT2D eigenvalue weighted by Crippen LogP contribution is -2.21. The van der Waals surface area contributed by atoms with Crippen molar-refractivity contribution in [2.75, 3.05) is 5.32 Å². The van der Waals surface area contributed by atoms with E-state index >= 15 is 0 Å². The Balaban J connectivity index is 1.73. The van der Waals surface area contributed by atoms with Crippen molar-refractivity contribution >= 4 is 22.2 Å². The van der Waals surface area contributed by atoms with Crippen molar-refractivity contribution in [1.82, 2.24) is 14.6 Å². The van der Waals surface area contributed by atoms with Gasteiger partial charge in [-0.25, -0.2) is 13.9 Å². The highest BCUT2D eigenvalue weighted by atomic mass is 19.1. The van der Waals surface area contributed by atoms with Crippen LogP contribution < -0.4 is 11.1 Å². The normalized spacial score (nSPS) is 22.2. The Morgan fingerprint density at radius 3 is 3.00 bits per heavy atom. The fourth-order valence-corrected chi connectivity index (χ4v) is 3.05. The summed E-state index contributed by atoms with van der Waals surface area (Å²) in [6.07, 6.45) is 4.75. The van der Waals surface area contributed by atoms with Crippen LogP contribution in [0, 0.1) is 5.82 Å². The molecular weight excluding hydrogens is 269 g/mol. The first-order valence-electron chi connectivity index (χ1n) is 7.15. The van der Waals surface area contributed by atoms with E-state index in [0.717, 1.165) is 36.0 Å². The maximum atomic E-state index is 13.3. The van der Waals surface area contributed by atoms with Crippen LogP contribution in [-0.2, 0) is 0 Å².